The zero-order chi connectivity index (χ0) is 13.2. The lowest BCUT2D eigenvalue weighted by Gasteiger charge is -2.29. The minimum absolute atomic E-state index is 0. The summed E-state index contributed by atoms with van der Waals surface area (Å²) in [6.07, 6.45) is 6.39. The first-order valence-corrected chi connectivity index (χ1v) is 7.39. The maximum absolute atomic E-state index is 4.24. The van der Waals surface area contributed by atoms with Gasteiger partial charge in [-0.05, 0) is 51.7 Å². The number of nitrogens with zero attached hydrogens (tertiary/aromatic N) is 2. The molecule has 0 amide bonds. The summed E-state index contributed by atoms with van der Waals surface area (Å²) in [5.74, 6) is 1.85. The highest BCUT2D eigenvalue weighted by Gasteiger charge is 2.15. The van der Waals surface area contributed by atoms with E-state index in [0.29, 0.717) is 0 Å². The maximum atomic E-state index is 4.24. The van der Waals surface area contributed by atoms with Gasteiger partial charge in [-0.15, -0.1) is 24.0 Å². The number of hydrogen-bond acceptors (Lipinski definition) is 2. The third kappa shape index (κ3) is 8.68. The molecule has 0 saturated carbocycles. The van der Waals surface area contributed by atoms with Crippen LogP contribution in [0.2, 0.25) is 0 Å². The molecule has 1 saturated heterocycles. The molecule has 2 N–H and O–H groups in total. The van der Waals surface area contributed by atoms with E-state index >= 15 is 0 Å². The van der Waals surface area contributed by atoms with Gasteiger partial charge in [-0.3, -0.25) is 4.99 Å². The molecule has 0 aromatic heterocycles. The predicted octanol–water partition coefficient (Wildman–Crippen LogP) is 2.30. The molecule has 1 fully saturated rings. The highest BCUT2D eigenvalue weighted by molar-refractivity contribution is 14.0. The van der Waals surface area contributed by atoms with Crippen LogP contribution in [0, 0.1) is 5.92 Å². The van der Waals surface area contributed by atoms with E-state index in [4.69, 9.17) is 0 Å². The zero-order valence-electron chi connectivity index (χ0n) is 12.7. The van der Waals surface area contributed by atoms with E-state index in [1.165, 1.54) is 45.2 Å². The smallest absolute Gasteiger partial charge is 0.190 e. The summed E-state index contributed by atoms with van der Waals surface area (Å²) < 4.78 is 0. The Balaban J connectivity index is 0.00000324. The number of guanidine groups is 1. The number of rotatable bonds is 6. The number of piperidine rings is 1. The molecule has 0 bridgehead atoms. The van der Waals surface area contributed by atoms with Gasteiger partial charge in [0.15, 0.2) is 5.96 Å². The first-order valence-electron chi connectivity index (χ1n) is 7.39. The topological polar surface area (TPSA) is 39.7 Å². The van der Waals surface area contributed by atoms with Gasteiger partial charge in [0.25, 0.3) is 0 Å². The lowest BCUT2D eigenvalue weighted by molar-refractivity contribution is 0.213. The lowest BCUT2D eigenvalue weighted by atomic mass is 9.94. The number of unbranched alkanes of at least 4 members (excludes halogenated alkanes) is 1. The second-order valence-corrected chi connectivity index (χ2v) is 5.31. The molecule has 1 heterocycles. The number of likely N-dealkylation sites (tertiary alicyclic amines) is 1. The van der Waals surface area contributed by atoms with Gasteiger partial charge in [0, 0.05) is 20.1 Å². The molecule has 1 aliphatic heterocycles. The van der Waals surface area contributed by atoms with Crippen LogP contribution in [0.15, 0.2) is 4.99 Å². The van der Waals surface area contributed by atoms with E-state index < -0.39 is 0 Å². The Hall–Kier alpha value is -0.0400. The second-order valence-electron chi connectivity index (χ2n) is 5.31. The van der Waals surface area contributed by atoms with Crippen molar-refractivity contribution < 1.29 is 0 Å². The van der Waals surface area contributed by atoms with E-state index in [9.17, 15) is 0 Å². The van der Waals surface area contributed by atoms with Crippen molar-refractivity contribution in [2.75, 3.05) is 40.3 Å². The molecule has 0 aliphatic carbocycles. The van der Waals surface area contributed by atoms with Crippen molar-refractivity contribution in [3.63, 3.8) is 0 Å². The largest absolute Gasteiger partial charge is 0.356 e. The third-order valence-corrected chi connectivity index (χ3v) is 3.73. The van der Waals surface area contributed by atoms with Gasteiger partial charge in [-0.2, -0.15) is 0 Å². The summed E-state index contributed by atoms with van der Waals surface area (Å²) in [5.41, 5.74) is 0. The van der Waals surface area contributed by atoms with Crippen LogP contribution in [0.4, 0.5) is 0 Å². The van der Waals surface area contributed by atoms with Gasteiger partial charge in [-0.25, -0.2) is 0 Å². The van der Waals surface area contributed by atoms with Gasteiger partial charge < -0.3 is 15.5 Å². The number of halogens is 1. The van der Waals surface area contributed by atoms with Crippen LogP contribution in [-0.4, -0.2) is 51.1 Å². The first kappa shape index (κ1) is 19.0. The average molecular weight is 382 g/mol. The standard InChI is InChI=1S/C14H30N4.HI/c1-4-5-9-16-14(15-2)17-10-6-13-7-11-18(3)12-8-13;/h13H,4-12H2,1-3H3,(H2,15,16,17);1H. The third-order valence-electron chi connectivity index (χ3n) is 3.73. The zero-order valence-corrected chi connectivity index (χ0v) is 15.1. The first-order chi connectivity index (χ1) is 8.76. The van der Waals surface area contributed by atoms with Crippen LogP contribution < -0.4 is 10.6 Å². The van der Waals surface area contributed by atoms with Gasteiger partial charge in [-0.1, -0.05) is 13.3 Å². The fourth-order valence-corrected chi connectivity index (χ4v) is 2.35. The molecule has 4 nitrogen and oxygen atoms in total. The summed E-state index contributed by atoms with van der Waals surface area (Å²) >= 11 is 0. The molecule has 19 heavy (non-hydrogen) atoms. The Morgan fingerprint density at radius 3 is 2.42 bits per heavy atom. The normalized spacial score (nSPS) is 17.9. The molecule has 0 aromatic rings. The maximum Gasteiger partial charge on any atom is 0.190 e. The van der Waals surface area contributed by atoms with Crippen molar-refractivity contribution in [3.8, 4) is 0 Å². The van der Waals surface area contributed by atoms with Crippen LogP contribution in [0.5, 0.6) is 0 Å². The van der Waals surface area contributed by atoms with Gasteiger partial charge >= 0.3 is 0 Å². The highest BCUT2D eigenvalue weighted by atomic mass is 127. The lowest BCUT2D eigenvalue weighted by Crippen LogP contribution is -2.39. The quantitative estimate of drug-likeness (QED) is 0.321. The fraction of sp³-hybridized carbons (Fsp3) is 0.929. The van der Waals surface area contributed by atoms with Crippen LogP contribution in [0.3, 0.4) is 0 Å². The molecule has 0 unspecified atom stereocenters. The minimum Gasteiger partial charge on any atom is -0.356 e. The predicted molar refractivity (Wildman–Crippen MR) is 94.5 cm³/mol. The summed E-state index contributed by atoms with van der Waals surface area (Å²) in [6, 6.07) is 0. The minimum atomic E-state index is 0. The molecule has 0 radical (unpaired) electrons. The molecule has 0 aromatic carbocycles. The van der Waals surface area contributed by atoms with Gasteiger partial charge in [0.2, 0.25) is 0 Å². The van der Waals surface area contributed by atoms with Crippen molar-refractivity contribution in [1.29, 1.82) is 0 Å². The van der Waals surface area contributed by atoms with Crippen LogP contribution in [0.25, 0.3) is 0 Å². The Bertz CT molecular complexity index is 238. The monoisotopic (exact) mass is 382 g/mol. The highest BCUT2D eigenvalue weighted by Crippen LogP contribution is 2.18. The van der Waals surface area contributed by atoms with Crippen molar-refractivity contribution in [2.24, 2.45) is 10.9 Å². The van der Waals surface area contributed by atoms with Crippen molar-refractivity contribution in [1.82, 2.24) is 15.5 Å². The van der Waals surface area contributed by atoms with E-state index in [2.05, 4.69) is 34.5 Å². The molecule has 1 aliphatic rings. The number of hydrogen-bond donors (Lipinski definition) is 2. The summed E-state index contributed by atoms with van der Waals surface area (Å²) in [6.45, 7) is 6.78. The summed E-state index contributed by atoms with van der Waals surface area (Å²) in [7, 11) is 4.06. The SMILES string of the molecule is CCCCNC(=NC)NCCC1CCN(C)CC1.I. The molecule has 114 valence electrons. The molecule has 0 spiro atoms. The van der Waals surface area contributed by atoms with Crippen molar-refractivity contribution >= 4 is 29.9 Å². The van der Waals surface area contributed by atoms with E-state index in [-0.39, 0.29) is 24.0 Å². The fourth-order valence-electron chi connectivity index (χ4n) is 2.35. The van der Waals surface area contributed by atoms with Crippen LogP contribution in [-0.2, 0) is 0 Å². The Morgan fingerprint density at radius 1 is 1.21 bits per heavy atom. The van der Waals surface area contributed by atoms with E-state index in [1.807, 2.05) is 7.05 Å². The number of nitrogens with one attached hydrogen (secondary N) is 2. The van der Waals surface area contributed by atoms with Crippen molar-refractivity contribution in [2.45, 2.75) is 39.0 Å². The van der Waals surface area contributed by atoms with Crippen LogP contribution >= 0.6 is 24.0 Å². The Morgan fingerprint density at radius 2 is 1.84 bits per heavy atom. The van der Waals surface area contributed by atoms with E-state index in [0.717, 1.165) is 25.0 Å². The Labute approximate surface area is 135 Å². The second kappa shape index (κ2) is 11.8. The summed E-state index contributed by atoms with van der Waals surface area (Å²) in [5, 5.41) is 6.76. The van der Waals surface area contributed by atoms with Crippen molar-refractivity contribution in [3.05, 3.63) is 0 Å². The molecular weight excluding hydrogens is 351 g/mol. The molecular formula is C14H31IN4. The molecule has 1 rings (SSSR count). The Kier molecular flexibility index (Phi) is 11.7. The molecule has 0 atom stereocenters. The van der Waals surface area contributed by atoms with E-state index in [1.54, 1.807) is 0 Å². The summed E-state index contributed by atoms with van der Waals surface area (Å²) in [4.78, 5) is 6.67. The van der Waals surface area contributed by atoms with Gasteiger partial charge in [0.05, 0.1) is 0 Å². The van der Waals surface area contributed by atoms with Crippen LogP contribution in [0.1, 0.15) is 39.0 Å². The number of aliphatic imine (C=N–C) groups is 1. The van der Waals surface area contributed by atoms with Gasteiger partial charge in [0.1, 0.15) is 0 Å². The molecule has 5 heteroatoms. The average Bonchev–Trinajstić information content (AvgIpc) is 2.39.